The van der Waals surface area contributed by atoms with Crippen molar-refractivity contribution in [2.24, 2.45) is 0 Å². The molecular weight excluding hydrogens is 188 g/mol. The van der Waals surface area contributed by atoms with Crippen LogP contribution in [-0.4, -0.2) is 13.1 Å². The predicted octanol–water partition coefficient (Wildman–Crippen LogP) is 2.51. The van der Waals surface area contributed by atoms with Crippen LogP contribution in [0, 0.1) is 0 Å². The van der Waals surface area contributed by atoms with Crippen LogP contribution < -0.4 is 0 Å². The molecule has 2 nitrogen and oxygen atoms in total. The number of benzene rings is 1. The highest BCUT2D eigenvalue weighted by Crippen LogP contribution is 2.09. The van der Waals surface area contributed by atoms with E-state index in [1.165, 1.54) is 7.11 Å². The zero-order chi connectivity index (χ0) is 11.1. The Bertz CT molecular complexity index is 363. The largest absolute Gasteiger partial charge is 0.466 e. The number of carbonyl (C=O) groups excluding carboxylic acids is 1. The third kappa shape index (κ3) is 3.43. The number of rotatable bonds is 4. The monoisotopic (exact) mass is 202 g/mol. The summed E-state index contributed by atoms with van der Waals surface area (Å²) in [5, 5.41) is 0. The van der Waals surface area contributed by atoms with Gasteiger partial charge in [0, 0.05) is 12.0 Å². The van der Waals surface area contributed by atoms with Crippen LogP contribution in [0.3, 0.4) is 0 Å². The van der Waals surface area contributed by atoms with Crippen LogP contribution in [0.15, 0.2) is 54.6 Å². The van der Waals surface area contributed by atoms with Gasteiger partial charge >= 0.3 is 5.97 Å². The molecule has 0 unspecified atom stereocenters. The van der Waals surface area contributed by atoms with E-state index in [0.717, 1.165) is 5.56 Å². The van der Waals surface area contributed by atoms with Crippen molar-refractivity contribution in [2.75, 3.05) is 7.11 Å². The first kappa shape index (κ1) is 11.2. The average Bonchev–Trinajstić information content (AvgIpc) is 2.29. The van der Waals surface area contributed by atoms with Gasteiger partial charge in [0.05, 0.1) is 7.11 Å². The molecule has 0 saturated carbocycles. The molecular formula is C13H14O2. The SMILES string of the molecule is C=C/C=C(/Cc1ccccc1)C(=O)OC. The van der Waals surface area contributed by atoms with E-state index in [1.807, 2.05) is 30.3 Å². The fourth-order valence-corrected chi connectivity index (χ4v) is 1.29. The molecule has 0 amide bonds. The van der Waals surface area contributed by atoms with E-state index in [-0.39, 0.29) is 5.97 Å². The van der Waals surface area contributed by atoms with Gasteiger partial charge in [-0.25, -0.2) is 4.79 Å². The van der Waals surface area contributed by atoms with Gasteiger partial charge in [-0.1, -0.05) is 49.1 Å². The highest BCUT2D eigenvalue weighted by Gasteiger charge is 2.08. The summed E-state index contributed by atoms with van der Waals surface area (Å²) in [6.07, 6.45) is 3.84. The van der Waals surface area contributed by atoms with Crippen LogP contribution in [0.5, 0.6) is 0 Å². The molecule has 0 fully saturated rings. The van der Waals surface area contributed by atoms with Gasteiger partial charge in [0.25, 0.3) is 0 Å². The molecule has 1 aromatic rings. The highest BCUT2D eigenvalue weighted by atomic mass is 16.5. The van der Waals surface area contributed by atoms with E-state index in [4.69, 9.17) is 0 Å². The van der Waals surface area contributed by atoms with E-state index in [1.54, 1.807) is 12.2 Å². The third-order valence-electron chi connectivity index (χ3n) is 2.00. The van der Waals surface area contributed by atoms with Gasteiger partial charge in [0.2, 0.25) is 0 Å². The average molecular weight is 202 g/mol. The smallest absolute Gasteiger partial charge is 0.334 e. The summed E-state index contributed by atoms with van der Waals surface area (Å²) >= 11 is 0. The maximum absolute atomic E-state index is 11.4. The quantitative estimate of drug-likeness (QED) is 0.426. The fraction of sp³-hybridized carbons (Fsp3) is 0.154. The lowest BCUT2D eigenvalue weighted by Crippen LogP contribution is -2.07. The number of ether oxygens (including phenoxy) is 1. The molecule has 0 aliphatic rings. The van der Waals surface area contributed by atoms with Crippen molar-refractivity contribution in [3.63, 3.8) is 0 Å². The summed E-state index contributed by atoms with van der Waals surface area (Å²) in [5.41, 5.74) is 1.69. The van der Waals surface area contributed by atoms with Gasteiger partial charge in [0.1, 0.15) is 0 Å². The standard InChI is InChI=1S/C13H14O2/c1-3-7-12(13(14)15-2)10-11-8-5-4-6-9-11/h3-9H,1,10H2,2H3/b12-7-. The van der Waals surface area contributed by atoms with Gasteiger partial charge in [-0.3, -0.25) is 0 Å². The second kappa shape index (κ2) is 5.81. The maximum Gasteiger partial charge on any atom is 0.334 e. The highest BCUT2D eigenvalue weighted by molar-refractivity contribution is 5.89. The number of carbonyl (C=O) groups is 1. The van der Waals surface area contributed by atoms with E-state index in [9.17, 15) is 4.79 Å². The van der Waals surface area contributed by atoms with Crippen LogP contribution in [0.1, 0.15) is 5.56 Å². The van der Waals surface area contributed by atoms with Crippen molar-refractivity contribution in [1.82, 2.24) is 0 Å². The first-order chi connectivity index (χ1) is 7.27. The lowest BCUT2D eigenvalue weighted by Gasteiger charge is -2.04. The zero-order valence-electron chi connectivity index (χ0n) is 8.77. The summed E-state index contributed by atoms with van der Waals surface area (Å²) in [4.78, 5) is 11.4. The number of methoxy groups -OCH3 is 1. The van der Waals surface area contributed by atoms with E-state index < -0.39 is 0 Å². The lowest BCUT2D eigenvalue weighted by molar-refractivity contribution is -0.136. The molecule has 0 saturated heterocycles. The van der Waals surface area contributed by atoms with Crippen LogP contribution >= 0.6 is 0 Å². The molecule has 0 aromatic heterocycles. The normalized spacial score (nSPS) is 10.9. The number of hydrogen-bond donors (Lipinski definition) is 0. The van der Waals surface area contributed by atoms with Crippen LogP contribution in [0.2, 0.25) is 0 Å². The van der Waals surface area contributed by atoms with Crippen LogP contribution in [0.4, 0.5) is 0 Å². The van der Waals surface area contributed by atoms with Crippen molar-refractivity contribution in [3.05, 3.63) is 60.2 Å². The second-order valence-corrected chi connectivity index (χ2v) is 3.08. The van der Waals surface area contributed by atoms with Crippen molar-refractivity contribution >= 4 is 5.97 Å². The molecule has 0 radical (unpaired) electrons. The summed E-state index contributed by atoms with van der Waals surface area (Å²) in [5.74, 6) is -0.307. The number of esters is 1. The van der Waals surface area contributed by atoms with Gasteiger partial charge in [-0.15, -0.1) is 0 Å². The first-order valence-corrected chi connectivity index (χ1v) is 4.71. The first-order valence-electron chi connectivity index (χ1n) is 4.71. The summed E-state index contributed by atoms with van der Waals surface area (Å²) < 4.78 is 4.68. The Kier molecular flexibility index (Phi) is 4.35. The molecule has 0 aliphatic heterocycles. The minimum absolute atomic E-state index is 0.307. The number of allylic oxidation sites excluding steroid dienone is 2. The van der Waals surface area contributed by atoms with Crippen molar-refractivity contribution < 1.29 is 9.53 Å². The fourth-order valence-electron chi connectivity index (χ4n) is 1.29. The van der Waals surface area contributed by atoms with E-state index in [0.29, 0.717) is 12.0 Å². The third-order valence-corrected chi connectivity index (χ3v) is 2.00. The van der Waals surface area contributed by atoms with E-state index >= 15 is 0 Å². The maximum atomic E-state index is 11.4. The molecule has 0 N–H and O–H groups in total. The molecule has 0 spiro atoms. The van der Waals surface area contributed by atoms with Crippen molar-refractivity contribution in [2.45, 2.75) is 6.42 Å². The number of hydrogen-bond acceptors (Lipinski definition) is 2. The van der Waals surface area contributed by atoms with Gasteiger partial charge < -0.3 is 4.74 Å². The Morgan fingerprint density at radius 1 is 1.40 bits per heavy atom. The van der Waals surface area contributed by atoms with Crippen molar-refractivity contribution in [1.29, 1.82) is 0 Å². The molecule has 78 valence electrons. The Balaban J connectivity index is 2.81. The zero-order valence-corrected chi connectivity index (χ0v) is 8.77. The summed E-state index contributed by atoms with van der Waals surface area (Å²) in [6.45, 7) is 3.57. The van der Waals surface area contributed by atoms with Gasteiger partial charge in [-0.2, -0.15) is 0 Å². The lowest BCUT2D eigenvalue weighted by atomic mass is 10.1. The molecule has 1 rings (SSSR count). The second-order valence-electron chi connectivity index (χ2n) is 3.08. The van der Waals surface area contributed by atoms with Gasteiger partial charge in [0.15, 0.2) is 0 Å². The minimum atomic E-state index is -0.307. The molecule has 0 atom stereocenters. The Morgan fingerprint density at radius 3 is 2.60 bits per heavy atom. The van der Waals surface area contributed by atoms with Gasteiger partial charge in [-0.05, 0) is 5.56 Å². The van der Waals surface area contributed by atoms with Crippen LogP contribution in [-0.2, 0) is 16.0 Å². The van der Waals surface area contributed by atoms with Crippen molar-refractivity contribution in [3.8, 4) is 0 Å². The molecule has 15 heavy (non-hydrogen) atoms. The molecule has 0 heterocycles. The van der Waals surface area contributed by atoms with Crippen LogP contribution in [0.25, 0.3) is 0 Å². The molecule has 2 heteroatoms. The molecule has 0 aliphatic carbocycles. The molecule has 0 bridgehead atoms. The Morgan fingerprint density at radius 2 is 2.07 bits per heavy atom. The molecule has 1 aromatic carbocycles. The topological polar surface area (TPSA) is 26.3 Å². The Hall–Kier alpha value is -1.83. The van der Waals surface area contributed by atoms with E-state index in [2.05, 4.69) is 11.3 Å². The minimum Gasteiger partial charge on any atom is -0.466 e. The Labute approximate surface area is 89.9 Å². The summed E-state index contributed by atoms with van der Waals surface area (Å²) in [7, 11) is 1.38. The predicted molar refractivity (Wildman–Crippen MR) is 60.4 cm³/mol. The summed E-state index contributed by atoms with van der Waals surface area (Å²) in [6, 6.07) is 9.77.